The van der Waals surface area contributed by atoms with Gasteiger partial charge in [-0.05, 0) is 35.6 Å². The number of aldehydes is 1. The van der Waals surface area contributed by atoms with Crippen LogP contribution in [-0.4, -0.2) is 16.1 Å². The zero-order valence-corrected chi connectivity index (χ0v) is 13.0. The van der Waals surface area contributed by atoms with E-state index in [1.54, 1.807) is 22.2 Å². The molecule has 0 atom stereocenters. The number of carbonyl (C=O) groups excluding carboxylic acids is 1. The molecule has 21 heavy (non-hydrogen) atoms. The van der Waals surface area contributed by atoms with E-state index in [-0.39, 0.29) is 0 Å². The van der Waals surface area contributed by atoms with Crippen molar-refractivity contribution in [3.63, 3.8) is 0 Å². The van der Waals surface area contributed by atoms with Gasteiger partial charge in [0, 0.05) is 11.2 Å². The number of hydrogen-bond acceptors (Lipinski definition) is 3. The highest BCUT2D eigenvalue weighted by Gasteiger charge is 2.14. The van der Waals surface area contributed by atoms with Crippen molar-refractivity contribution in [3.05, 3.63) is 63.6 Å². The third-order valence-corrected chi connectivity index (χ3v) is 4.68. The second-order valence-electron chi connectivity index (χ2n) is 4.77. The largest absolute Gasteiger partial charge is 0.298 e. The van der Waals surface area contributed by atoms with Gasteiger partial charge in [0.2, 0.25) is 0 Å². The molecule has 0 N–H and O–H groups in total. The topological polar surface area (TPSA) is 34.9 Å². The molecular formula is C16H13ClN2OS. The van der Waals surface area contributed by atoms with Gasteiger partial charge in [-0.3, -0.25) is 9.48 Å². The maximum Gasteiger partial charge on any atom is 0.153 e. The van der Waals surface area contributed by atoms with E-state index in [1.807, 2.05) is 42.6 Å². The lowest BCUT2D eigenvalue weighted by atomic mass is 10.2. The molecule has 2 heterocycles. The molecule has 1 aromatic carbocycles. The fourth-order valence-corrected chi connectivity index (χ4v) is 3.32. The van der Waals surface area contributed by atoms with Crippen LogP contribution in [0.15, 0.2) is 41.9 Å². The third-order valence-electron chi connectivity index (χ3n) is 3.28. The number of rotatable bonds is 4. The summed E-state index contributed by atoms with van der Waals surface area (Å²) in [7, 11) is 0. The van der Waals surface area contributed by atoms with Gasteiger partial charge in [0.1, 0.15) is 5.69 Å². The van der Waals surface area contributed by atoms with Gasteiger partial charge in [0.15, 0.2) is 6.29 Å². The molecule has 3 rings (SSSR count). The van der Waals surface area contributed by atoms with Crippen molar-refractivity contribution in [3.8, 4) is 10.6 Å². The minimum Gasteiger partial charge on any atom is -0.298 e. The summed E-state index contributed by atoms with van der Waals surface area (Å²) in [5.41, 5.74) is 3.46. The van der Waals surface area contributed by atoms with Crippen LogP contribution in [0.3, 0.4) is 0 Å². The molecule has 0 amide bonds. The fraction of sp³-hybridized carbons (Fsp3) is 0.125. The Morgan fingerprint density at radius 1 is 1.33 bits per heavy atom. The van der Waals surface area contributed by atoms with E-state index in [0.717, 1.165) is 28.0 Å². The smallest absolute Gasteiger partial charge is 0.153 e. The van der Waals surface area contributed by atoms with E-state index in [0.29, 0.717) is 17.1 Å². The molecule has 0 bridgehead atoms. The summed E-state index contributed by atoms with van der Waals surface area (Å²) in [5, 5.41) is 7.27. The van der Waals surface area contributed by atoms with E-state index < -0.39 is 0 Å². The first-order valence-corrected chi connectivity index (χ1v) is 7.75. The van der Waals surface area contributed by atoms with Gasteiger partial charge in [-0.2, -0.15) is 5.10 Å². The molecule has 3 nitrogen and oxygen atoms in total. The van der Waals surface area contributed by atoms with Crippen LogP contribution in [0.1, 0.15) is 21.5 Å². The van der Waals surface area contributed by atoms with Gasteiger partial charge >= 0.3 is 0 Å². The number of hydrogen-bond donors (Lipinski definition) is 0. The van der Waals surface area contributed by atoms with Crippen molar-refractivity contribution >= 4 is 29.2 Å². The first-order chi connectivity index (χ1) is 10.2. The predicted octanol–water partition coefficient (Wildman–Crippen LogP) is 4.43. The Labute approximate surface area is 131 Å². The van der Waals surface area contributed by atoms with Crippen LogP contribution in [-0.2, 0) is 6.54 Å². The van der Waals surface area contributed by atoms with Crippen LogP contribution in [0.5, 0.6) is 0 Å². The van der Waals surface area contributed by atoms with E-state index in [2.05, 4.69) is 5.10 Å². The highest BCUT2D eigenvalue weighted by molar-refractivity contribution is 7.13. The van der Waals surface area contributed by atoms with Crippen LogP contribution < -0.4 is 0 Å². The van der Waals surface area contributed by atoms with Crippen molar-refractivity contribution in [1.82, 2.24) is 9.78 Å². The molecular weight excluding hydrogens is 304 g/mol. The van der Waals surface area contributed by atoms with Crippen LogP contribution >= 0.6 is 22.9 Å². The number of nitrogens with zero attached hydrogens (tertiary/aromatic N) is 2. The molecule has 0 saturated carbocycles. The highest BCUT2D eigenvalue weighted by Crippen LogP contribution is 2.30. The fourth-order valence-electron chi connectivity index (χ4n) is 2.20. The first-order valence-electron chi connectivity index (χ1n) is 6.49. The van der Waals surface area contributed by atoms with Gasteiger partial charge in [-0.1, -0.05) is 29.8 Å². The molecule has 3 aromatic rings. The number of thiophene rings is 1. The number of aryl methyl sites for hydroxylation is 1. The lowest BCUT2D eigenvalue weighted by molar-refractivity contribution is 0.112. The second kappa shape index (κ2) is 5.84. The molecule has 5 heteroatoms. The highest BCUT2D eigenvalue weighted by atomic mass is 35.5. The lowest BCUT2D eigenvalue weighted by Gasteiger charge is -2.03. The van der Waals surface area contributed by atoms with Gasteiger partial charge in [-0.25, -0.2) is 0 Å². The Hall–Kier alpha value is -1.91. The number of benzene rings is 1. The summed E-state index contributed by atoms with van der Waals surface area (Å²) in [5.74, 6) is 0. The predicted molar refractivity (Wildman–Crippen MR) is 86.2 cm³/mol. The molecule has 0 aliphatic heterocycles. The van der Waals surface area contributed by atoms with Crippen molar-refractivity contribution < 1.29 is 4.79 Å². The number of halogens is 1. The molecule has 0 fully saturated rings. The quantitative estimate of drug-likeness (QED) is 0.667. The Kier molecular flexibility index (Phi) is 3.90. The van der Waals surface area contributed by atoms with Crippen LogP contribution in [0.25, 0.3) is 10.6 Å². The normalized spacial score (nSPS) is 10.8. The minimum atomic E-state index is 0.547. The SMILES string of the molecule is Cc1ccsc1-c1nn(Cc2ccccc2Cl)cc1C=O. The zero-order valence-electron chi connectivity index (χ0n) is 11.4. The van der Waals surface area contributed by atoms with Crippen LogP contribution in [0.2, 0.25) is 5.02 Å². The van der Waals surface area contributed by atoms with E-state index in [4.69, 9.17) is 11.6 Å². The van der Waals surface area contributed by atoms with Gasteiger partial charge < -0.3 is 0 Å². The maximum atomic E-state index is 11.3. The molecule has 0 unspecified atom stereocenters. The summed E-state index contributed by atoms with van der Waals surface area (Å²) in [6, 6.07) is 9.68. The van der Waals surface area contributed by atoms with E-state index in [9.17, 15) is 4.79 Å². The minimum absolute atomic E-state index is 0.547. The summed E-state index contributed by atoms with van der Waals surface area (Å²) in [4.78, 5) is 12.3. The van der Waals surface area contributed by atoms with Crippen LogP contribution in [0, 0.1) is 6.92 Å². The molecule has 2 aromatic heterocycles. The lowest BCUT2D eigenvalue weighted by Crippen LogP contribution is -2.00. The number of aromatic nitrogens is 2. The molecule has 0 aliphatic carbocycles. The Bertz CT molecular complexity index is 791. The van der Waals surface area contributed by atoms with Gasteiger partial charge in [-0.15, -0.1) is 11.3 Å². The monoisotopic (exact) mass is 316 g/mol. The summed E-state index contributed by atoms with van der Waals surface area (Å²) in [6.45, 7) is 2.57. The molecule has 0 saturated heterocycles. The first kappa shape index (κ1) is 14.0. The Morgan fingerprint density at radius 2 is 2.14 bits per heavy atom. The van der Waals surface area contributed by atoms with Crippen LogP contribution in [0.4, 0.5) is 0 Å². The van der Waals surface area contributed by atoms with Crippen molar-refractivity contribution in [2.24, 2.45) is 0 Å². The average molecular weight is 317 g/mol. The van der Waals surface area contributed by atoms with Gasteiger partial charge in [0.25, 0.3) is 0 Å². The summed E-state index contributed by atoms with van der Waals surface area (Å²) >= 11 is 7.76. The summed E-state index contributed by atoms with van der Waals surface area (Å²) in [6.07, 6.45) is 2.62. The average Bonchev–Trinajstić information content (AvgIpc) is 3.07. The van der Waals surface area contributed by atoms with Crippen molar-refractivity contribution in [1.29, 1.82) is 0 Å². The number of carbonyl (C=O) groups is 1. The second-order valence-corrected chi connectivity index (χ2v) is 6.10. The molecule has 0 spiro atoms. The van der Waals surface area contributed by atoms with Gasteiger partial charge in [0.05, 0.1) is 17.0 Å². The van der Waals surface area contributed by atoms with Crippen molar-refractivity contribution in [2.45, 2.75) is 13.5 Å². The van der Waals surface area contributed by atoms with E-state index >= 15 is 0 Å². The van der Waals surface area contributed by atoms with Crippen molar-refractivity contribution in [2.75, 3.05) is 0 Å². The Morgan fingerprint density at radius 3 is 2.81 bits per heavy atom. The maximum absolute atomic E-state index is 11.3. The summed E-state index contributed by atoms with van der Waals surface area (Å²) < 4.78 is 1.76. The molecule has 0 radical (unpaired) electrons. The standard InChI is InChI=1S/C16H13ClN2OS/c1-11-6-7-21-16(11)15-13(10-20)9-19(18-15)8-12-4-2-3-5-14(12)17/h2-7,9-10H,8H2,1H3. The zero-order chi connectivity index (χ0) is 14.8. The Balaban J connectivity index is 1.99. The molecule has 106 valence electrons. The van der Waals surface area contributed by atoms with E-state index in [1.165, 1.54) is 0 Å². The third kappa shape index (κ3) is 2.77. The molecule has 0 aliphatic rings.